The van der Waals surface area contributed by atoms with Gasteiger partial charge < -0.3 is 0 Å². The second-order valence-corrected chi connectivity index (χ2v) is 17.2. The van der Waals surface area contributed by atoms with Crippen LogP contribution in [0.1, 0.15) is 72.3 Å². The zero-order valence-electron chi connectivity index (χ0n) is 32.1. The van der Waals surface area contributed by atoms with Crippen molar-refractivity contribution in [2.24, 2.45) is 0 Å². The molecular weight excluding hydrogens is 820 g/mol. The maximum Gasteiger partial charge on any atom is 0.0706 e. The van der Waals surface area contributed by atoms with E-state index >= 15 is 0 Å². The number of benzene rings is 8. The minimum atomic E-state index is -0.342. The largest absolute Gasteiger partial charge is 0.0706 e. The molecule has 0 saturated carbocycles. The third-order valence-corrected chi connectivity index (χ3v) is 13.3. The molecule has 278 valence electrons. The molecule has 0 fully saturated rings. The SMILES string of the molecule is Brc1ccc(C2(c3ccc(Br)cc3)c3ccccc3CCc3ccccc32)cc1.Cc1ccc(C2(c3ccccc3)c3ccccc3CCc3ccccc32)cc1. The van der Waals surface area contributed by atoms with Gasteiger partial charge in [0.05, 0.1) is 10.8 Å². The molecule has 0 nitrogen and oxygen atoms in total. The van der Waals surface area contributed by atoms with Crippen molar-refractivity contribution in [2.75, 3.05) is 0 Å². The van der Waals surface area contributed by atoms with Crippen LogP contribution in [0.3, 0.4) is 0 Å². The Morgan fingerprint density at radius 3 is 0.895 bits per heavy atom. The van der Waals surface area contributed by atoms with Crippen molar-refractivity contribution in [3.05, 3.63) is 281 Å². The Morgan fingerprint density at radius 2 is 0.561 bits per heavy atom. The standard InChI is InChI=1S/C28H24.C27H20Br2/c1-21-15-19-25(20-16-21)28(24-11-3-2-4-12-24)26-13-7-5-9-22(26)17-18-23-10-6-8-14-27(23)28;28-23-15-11-21(12-16-23)27(22-13-17-24(29)18-14-22)25-7-3-1-5-19(25)9-10-20-6-2-4-8-26(20)27/h2-16,19-20H,17-18H2,1H3;1-8,11-18H,9-10H2. The number of fused-ring (bicyclic) bond motifs is 4. The molecule has 0 aliphatic heterocycles. The van der Waals surface area contributed by atoms with Gasteiger partial charge in [-0.1, -0.05) is 213 Å². The first-order valence-electron chi connectivity index (χ1n) is 20.0. The molecule has 0 heterocycles. The van der Waals surface area contributed by atoms with Crippen molar-refractivity contribution in [2.45, 2.75) is 43.4 Å². The van der Waals surface area contributed by atoms with Crippen molar-refractivity contribution < 1.29 is 0 Å². The summed E-state index contributed by atoms with van der Waals surface area (Å²) in [6, 6.07) is 73.9. The average molecular weight is 865 g/mol. The first-order valence-corrected chi connectivity index (χ1v) is 21.6. The predicted molar refractivity (Wildman–Crippen MR) is 244 cm³/mol. The van der Waals surface area contributed by atoms with E-state index in [0.717, 1.165) is 34.6 Å². The van der Waals surface area contributed by atoms with E-state index in [9.17, 15) is 0 Å². The summed E-state index contributed by atoms with van der Waals surface area (Å²) in [6.45, 7) is 2.16. The first-order chi connectivity index (χ1) is 28.0. The Labute approximate surface area is 354 Å². The Morgan fingerprint density at radius 1 is 0.298 bits per heavy atom. The van der Waals surface area contributed by atoms with Crippen LogP contribution >= 0.6 is 31.9 Å². The van der Waals surface area contributed by atoms with Crippen molar-refractivity contribution >= 4 is 31.9 Å². The number of hydrogen-bond acceptors (Lipinski definition) is 0. The Kier molecular flexibility index (Phi) is 10.4. The summed E-state index contributed by atoms with van der Waals surface area (Å²) < 4.78 is 2.20. The zero-order chi connectivity index (χ0) is 38.8. The van der Waals surface area contributed by atoms with Gasteiger partial charge in [-0.25, -0.2) is 0 Å². The molecule has 0 amide bonds. The molecule has 0 atom stereocenters. The number of hydrogen-bond donors (Lipinski definition) is 0. The molecule has 0 saturated heterocycles. The lowest BCUT2D eigenvalue weighted by Crippen LogP contribution is -2.32. The van der Waals surface area contributed by atoms with E-state index in [-0.39, 0.29) is 10.8 Å². The summed E-state index contributed by atoms with van der Waals surface area (Å²) in [5.41, 5.74) is 17.3. The summed E-state index contributed by atoms with van der Waals surface area (Å²) in [5.74, 6) is 0. The molecule has 2 aliphatic carbocycles. The minimum Gasteiger partial charge on any atom is -0.0622 e. The van der Waals surface area contributed by atoms with Crippen LogP contribution in [0.2, 0.25) is 0 Å². The van der Waals surface area contributed by atoms with Crippen LogP contribution in [0.15, 0.2) is 209 Å². The zero-order valence-corrected chi connectivity index (χ0v) is 35.3. The van der Waals surface area contributed by atoms with Crippen molar-refractivity contribution in [3.8, 4) is 0 Å². The van der Waals surface area contributed by atoms with Crippen LogP contribution in [0.25, 0.3) is 0 Å². The highest BCUT2D eigenvalue weighted by Gasteiger charge is 2.43. The van der Waals surface area contributed by atoms with Crippen LogP contribution in [0.4, 0.5) is 0 Å². The smallest absolute Gasteiger partial charge is 0.0622 e. The van der Waals surface area contributed by atoms with Gasteiger partial charge in [0.1, 0.15) is 0 Å². The highest BCUT2D eigenvalue weighted by Crippen LogP contribution is 2.51. The van der Waals surface area contributed by atoms with Gasteiger partial charge in [-0.05, 0) is 124 Å². The maximum atomic E-state index is 3.63. The van der Waals surface area contributed by atoms with E-state index in [0.29, 0.717) is 0 Å². The summed E-state index contributed by atoms with van der Waals surface area (Å²) in [5, 5.41) is 0. The summed E-state index contributed by atoms with van der Waals surface area (Å²) in [7, 11) is 0. The maximum absolute atomic E-state index is 3.63. The van der Waals surface area contributed by atoms with Crippen LogP contribution < -0.4 is 0 Å². The normalized spacial score (nSPS) is 14.6. The van der Waals surface area contributed by atoms with Gasteiger partial charge in [-0.3, -0.25) is 0 Å². The fraction of sp³-hybridized carbons (Fsp3) is 0.127. The van der Waals surface area contributed by atoms with Crippen LogP contribution in [-0.2, 0) is 36.5 Å². The van der Waals surface area contributed by atoms with Crippen molar-refractivity contribution in [3.63, 3.8) is 0 Å². The van der Waals surface area contributed by atoms with Crippen LogP contribution in [0, 0.1) is 6.92 Å². The quantitative estimate of drug-likeness (QED) is 0.165. The molecule has 0 unspecified atom stereocenters. The molecule has 0 N–H and O–H groups in total. The van der Waals surface area contributed by atoms with E-state index in [1.54, 1.807) is 0 Å². The minimum absolute atomic E-state index is 0.293. The molecule has 0 bridgehead atoms. The average Bonchev–Trinajstić information content (AvgIpc) is 3.51. The second-order valence-electron chi connectivity index (χ2n) is 15.4. The number of rotatable bonds is 4. The fourth-order valence-electron chi connectivity index (χ4n) is 9.71. The van der Waals surface area contributed by atoms with Crippen molar-refractivity contribution in [1.29, 1.82) is 0 Å². The molecule has 0 radical (unpaired) electrons. The topological polar surface area (TPSA) is 0 Å². The third kappa shape index (κ3) is 6.63. The first kappa shape index (κ1) is 37.3. The monoisotopic (exact) mass is 862 g/mol. The van der Waals surface area contributed by atoms with Gasteiger partial charge in [0.2, 0.25) is 0 Å². The van der Waals surface area contributed by atoms with E-state index < -0.39 is 0 Å². The second kappa shape index (κ2) is 15.9. The summed E-state index contributed by atoms with van der Waals surface area (Å²) >= 11 is 7.25. The Balaban J connectivity index is 0.000000148. The molecule has 0 spiro atoms. The summed E-state index contributed by atoms with van der Waals surface area (Å²) in [6.07, 6.45) is 4.27. The molecule has 2 heteroatoms. The molecular formula is C55H44Br2. The van der Waals surface area contributed by atoms with E-state index in [1.165, 1.54) is 72.3 Å². The highest BCUT2D eigenvalue weighted by molar-refractivity contribution is 9.10. The lowest BCUT2D eigenvalue weighted by molar-refractivity contribution is 0.739. The van der Waals surface area contributed by atoms with Gasteiger partial charge in [0.15, 0.2) is 0 Å². The summed E-state index contributed by atoms with van der Waals surface area (Å²) in [4.78, 5) is 0. The number of aryl methyl sites for hydroxylation is 5. The van der Waals surface area contributed by atoms with Gasteiger partial charge >= 0.3 is 0 Å². The van der Waals surface area contributed by atoms with E-state index in [1.807, 2.05) is 0 Å². The Bertz CT molecular complexity index is 2500. The van der Waals surface area contributed by atoms with Gasteiger partial charge in [0.25, 0.3) is 0 Å². The molecule has 10 rings (SSSR count). The molecule has 8 aromatic carbocycles. The molecule has 57 heavy (non-hydrogen) atoms. The lowest BCUT2D eigenvalue weighted by Gasteiger charge is -2.38. The molecule has 2 aliphatic rings. The Hall–Kier alpha value is -5.28. The lowest BCUT2D eigenvalue weighted by atomic mass is 9.64. The van der Waals surface area contributed by atoms with Gasteiger partial charge in [-0.2, -0.15) is 0 Å². The highest BCUT2D eigenvalue weighted by atomic mass is 79.9. The van der Waals surface area contributed by atoms with E-state index in [4.69, 9.17) is 0 Å². The van der Waals surface area contributed by atoms with Gasteiger partial charge in [-0.15, -0.1) is 0 Å². The molecule has 0 aromatic heterocycles. The van der Waals surface area contributed by atoms with Crippen LogP contribution in [0.5, 0.6) is 0 Å². The van der Waals surface area contributed by atoms with Crippen molar-refractivity contribution in [1.82, 2.24) is 0 Å². The predicted octanol–water partition coefficient (Wildman–Crippen LogP) is 14.2. The van der Waals surface area contributed by atoms with Gasteiger partial charge in [0, 0.05) is 8.95 Å². The fourth-order valence-corrected chi connectivity index (χ4v) is 10.2. The van der Waals surface area contributed by atoms with Crippen LogP contribution in [-0.4, -0.2) is 0 Å². The molecule has 8 aromatic rings. The third-order valence-electron chi connectivity index (χ3n) is 12.3. The number of halogens is 2. The van der Waals surface area contributed by atoms with E-state index in [2.05, 4.69) is 239 Å².